The molecule has 0 radical (unpaired) electrons. The van der Waals surface area contributed by atoms with Gasteiger partial charge in [-0.3, -0.25) is 0 Å². The molecule has 0 aliphatic carbocycles. The van der Waals surface area contributed by atoms with Crippen molar-refractivity contribution >= 4 is 0 Å². The Hall–Kier alpha value is -1.10. The molecule has 2 rings (SSSR count). The molecule has 0 aromatic heterocycles. The molecule has 106 valence electrons. The molecule has 1 aliphatic heterocycles. The molecule has 0 bridgehead atoms. The minimum Gasteiger partial charge on any atom is -0.488 e. The Balaban J connectivity index is 1.89. The second-order valence-corrected chi connectivity index (χ2v) is 4.72. The van der Waals surface area contributed by atoms with Gasteiger partial charge in [0.15, 0.2) is 0 Å². The van der Waals surface area contributed by atoms with E-state index in [2.05, 4.69) is 0 Å². The summed E-state index contributed by atoms with van der Waals surface area (Å²) in [5, 5.41) is 8.86. The topological polar surface area (TPSA) is 47.9 Å². The van der Waals surface area contributed by atoms with Gasteiger partial charge in [0.1, 0.15) is 12.4 Å². The molecule has 1 saturated heterocycles. The van der Waals surface area contributed by atoms with E-state index in [1.807, 2.05) is 31.2 Å². The van der Waals surface area contributed by atoms with Crippen molar-refractivity contribution in [2.24, 2.45) is 0 Å². The standard InChI is InChI=1S/C15H22O4/c1-2-15(18-10-3-11-19-15)12-17-14-6-4-13(5-7-14)8-9-16/h4-7,16H,2-3,8-12H2,1H3. The SMILES string of the molecule is CCC1(COc2ccc(CCO)cc2)OCCCO1. The van der Waals surface area contributed by atoms with Gasteiger partial charge < -0.3 is 19.3 Å². The Morgan fingerprint density at radius 2 is 1.89 bits per heavy atom. The normalized spacial score (nSPS) is 18.2. The minimum atomic E-state index is -0.595. The first-order valence-electron chi connectivity index (χ1n) is 6.88. The number of aliphatic hydroxyl groups excluding tert-OH is 1. The zero-order chi connectivity index (χ0) is 13.6. The van der Waals surface area contributed by atoms with Crippen molar-refractivity contribution in [3.05, 3.63) is 29.8 Å². The van der Waals surface area contributed by atoms with Crippen LogP contribution in [-0.4, -0.2) is 37.3 Å². The maximum Gasteiger partial charge on any atom is 0.202 e. The summed E-state index contributed by atoms with van der Waals surface area (Å²) in [5.41, 5.74) is 1.10. The lowest BCUT2D eigenvalue weighted by molar-refractivity contribution is -0.279. The van der Waals surface area contributed by atoms with Crippen molar-refractivity contribution in [1.29, 1.82) is 0 Å². The summed E-state index contributed by atoms with van der Waals surface area (Å²) in [6.07, 6.45) is 2.39. The fourth-order valence-electron chi connectivity index (χ4n) is 2.08. The summed E-state index contributed by atoms with van der Waals surface area (Å²) < 4.78 is 17.2. The van der Waals surface area contributed by atoms with Gasteiger partial charge in [-0.25, -0.2) is 0 Å². The van der Waals surface area contributed by atoms with Gasteiger partial charge in [0.2, 0.25) is 5.79 Å². The summed E-state index contributed by atoms with van der Waals surface area (Å²) in [6, 6.07) is 7.76. The highest BCUT2D eigenvalue weighted by atomic mass is 16.7. The molecule has 19 heavy (non-hydrogen) atoms. The third kappa shape index (κ3) is 3.93. The smallest absolute Gasteiger partial charge is 0.202 e. The van der Waals surface area contributed by atoms with Crippen molar-refractivity contribution in [3.63, 3.8) is 0 Å². The van der Waals surface area contributed by atoms with Crippen LogP contribution in [0.15, 0.2) is 24.3 Å². The highest BCUT2D eigenvalue weighted by molar-refractivity contribution is 5.27. The quantitative estimate of drug-likeness (QED) is 0.857. The monoisotopic (exact) mass is 266 g/mol. The van der Waals surface area contributed by atoms with E-state index in [1.54, 1.807) is 0 Å². The van der Waals surface area contributed by atoms with E-state index >= 15 is 0 Å². The molecular formula is C15H22O4. The molecule has 0 spiro atoms. The molecule has 0 atom stereocenters. The number of benzene rings is 1. The van der Waals surface area contributed by atoms with E-state index in [0.717, 1.165) is 37.4 Å². The number of ether oxygens (including phenoxy) is 3. The summed E-state index contributed by atoms with van der Waals surface area (Å²) in [7, 11) is 0. The van der Waals surface area contributed by atoms with Gasteiger partial charge in [-0.05, 0) is 30.5 Å². The Morgan fingerprint density at radius 3 is 2.47 bits per heavy atom. The predicted octanol–water partition coefficient (Wildman–Crippen LogP) is 2.14. The minimum absolute atomic E-state index is 0.167. The molecule has 0 amide bonds. The maximum atomic E-state index is 8.86. The predicted molar refractivity (Wildman–Crippen MR) is 72.3 cm³/mol. The van der Waals surface area contributed by atoms with E-state index in [-0.39, 0.29) is 6.61 Å². The number of rotatable bonds is 6. The van der Waals surface area contributed by atoms with Crippen LogP contribution in [0.1, 0.15) is 25.3 Å². The molecular weight excluding hydrogens is 244 g/mol. The van der Waals surface area contributed by atoms with Crippen LogP contribution >= 0.6 is 0 Å². The molecule has 1 N–H and O–H groups in total. The Bertz CT molecular complexity index is 368. The third-order valence-electron chi connectivity index (χ3n) is 3.34. The molecule has 4 nitrogen and oxygen atoms in total. The van der Waals surface area contributed by atoms with Crippen molar-refractivity contribution in [2.45, 2.75) is 32.0 Å². The van der Waals surface area contributed by atoms with Crippen molar-refractivity contribution in [1.82, 2.24) is 0 Å². The van der Waals surface area contributed by atoms with Crippen LogP contribution in [0.25, 0.3) is 0 Å². The molecule has 1 aromatic carbocycles. The molecule has 4 heteroatoms. The van der Waals surface area contributed by atoms with Crippen molar-refractivity contribution in [2.75, 3.05) is 26.4 Å². The van der Waals surface area contributed by atoms with Crippen LogP contribution in [0.4, 0.5) is 0 Å². The summed E-state index contributed by atoms with van der Waals surface area (Å²) >= 11 is 0. The first-order chi connectivity index (χ1) is 9.28. The van der Waals surface area contributed by atoms with Crippen LogP contribution in [0.3, 0.4) is 0 Å². The van der Waals surface area contributed by atoms with E-state index in [9.17, 15) is 0 Å². The maximum absolute atomic E-state index is 8.86. The van der Waals surface area contributed by atoms with Crippen molar-refractivity contribution < 1.29 is 19.3 Å². The number of aliphatic hydroxyl groups is 1. The number of hydrogen-bond donors (Lipinski definition) is 1. The van der Waals surface area contributed by atoms with Gasteiger partial charge in [0.05, 0.1) is 13.2 Å². The fourth-order valence-corrected chi connectivity index (χ4v) is 2.08. The Labute approximate surface area is 114 Å². The fraction of sp³-hybridized carbons (Fsp3) is 0.600. The van der Waals surface area contributed by atoms with Gasteiger partial charge in [-0.15, -0.1) is 0 Å². The lowest BCUT2D eigenvalue weighted by Crippen LogP contribution is -2.45. The zero-order valence-corrected chi connectivity index (χ0v) is 11.4. The first kappa shape index (κ1) is 14.3. The van der Waals surface area contributed by atoms with Crippen LogP contribution in [0.2, 0.25) is 0 Å². The van der Waals surface area contributed by atoms with Gasteiger partial charge in [-0.1, -0.05) is 19.1 Å². The molecule has 0 saturated carbocycles. The molecule has 1 heterocycles. The van der Waals surface area contributed by atoms with E-state index in [0.29, 0.717) is 13.0 Å². The summed E-state index contributed by atoms with van der Waals surface area (Å²) in [5.74, 6) is 0.203. The molecule has 1 aromatic rings. The van der Waals surface area contributed by atoms with Gasteiger partial charge >= 0.3 is 0 Å². The van der Waals surface area contributed by atoms with E-state index in [4.69, 9.17) is 19.3 Å². The molecule has 0 unspecified atom stereocenters. The van der Waals surface area contributed by atoms with Crippen molar-refractivity contribution in [3.8, 4) is 5.75 Å². The average molecular weight is 266 g/mol. The Morgan fingerprint density at radius 1 is 1.21 bits per heavy atom. The largest absolute Gasteiger partial charge is 0.488 e. The van der Waals surface area contributed by atoms with Crippen LogP contribution < -0.4 is 4.74 Å². The van der Waals surface area contributed by atoms with Crippen LogP contribution in [0, 0.1) is 0 Å². The second-order valence-electron chi connectivity index (χ2n) is 4.72. The second kappa shape index (κ2) is 6.89. The van der Waals surface area contributed by atoms with Gasteiger partial charge in [0.25, 0.3) is 0 Å². The van der Waals surface area contributed by atoms with E-state index in [1.165, 1.54) is 0 Å². The average Bonchev–Trinajstić information content (AvgIpc) is 2.48. The molecule has 1 fully saturated rings. The molecule has 1 aliphatic rings. The highest BCUT2D eigenvalue weighted by Gasteiger charge is 2.33. The lowest BCUT2D eigenvalue weighted by atomic mass is 10.1. The van der Waals surface area contributed by atoms with Gasteiger partial charge in [-0.2, -0.15) is 0 Å². The van der Waals surface area contributed by atoms with Crippen LogP contribution in [0.5, 0.6) is 5.75 Å². The Kier molecular flexibility index (Phi) is 5.19. The summed E-state index contributed by atoms with van der Waals surface area (Å²) in [6.45, 7) is 4.07. The van der Waals surface area contributed by atoms with Gasteiger partial charge in [0, 0.05) is 13.0 Å². The third-order valence-corrected chi connectivity index (χ3v) is 3.34. The lowest BCUT2D eigenvalue weighted by Gasteiger charge is -2.36. The van der Waals surface area contributed by atoms with Crippen LogP contribution in [-0.2, 0) is 15.9 Å². The summed E-state index contributed by atoms with van der Waals surface area (Å²) in [4.78, 5) is 0. The van der Waals surface area contributed by atoms with E-state index < -0.39 is 5.79 Å². The first-order valence-corrected chi connectivity index (χ1v) is 6.88. The number of hydrogen-bond acceptors (Lipinski definition) is 4. The highest BCUT2D eigenvalue weighted by Crippen LogP contribution is 2.24. The zero-order valence-electron chi connectivity index (χ0n) is 11.4.